The fraction of sp³-hybridized carbons (Fsp3) is 0.261. The minimum absolute atomic E-state index is 0.0700. The van der Waals surface area contributed by atoms with Crippen LogP contribution in [0.15, 0.2) is 54.7 Å². The van der Waals surface area contributed by atoms with E-state index >= 15 is 0 Å². The largest absolute Gasteiger partial charge is 0.494 e. The number of aromatic nitrogens is 2. The van der Waals surface area contributed by atoms with E-state index in [1.807, 2.05) is 56.3 Å². The number of hydrogen-bond acceptors (Lipinski definition) is 4. The zero-order chi connectivity index (χ0) is 22.0. The molecule has 1 aromatic carbocycles. The lowest BCUT2D eigenvalue weighted by Gasteiger charge is -2.27. The monoisotopic (exact) mass is 435 g/mol. The van der Waals surface area contributed by atoms with Crippen LogP contribution >= 0.6 is 12.2 Å². The van der Waals surface area contributed by atoms with Crippen LogP contribution in [0, 0.1) is 6.92 Å². The number of aromatic amines is 1. The molecule has 8 heteroatoms. The Kier molecular flexibility index (Phi) is 5.90. The zero-order valence-electron chi connectivity index (χ0n) is 17.7. The van der Waals surface area contributed by atoms with Crippen molar-refractivity contribution in [1.29, 1.82) is 0 Å². The highest BCUT2D eigenvalue weighted by Crippen LogP contribution is 2.42. The minimum atomic E-state index is -0.128. The molecule has 2 aromatic heterocycles. The number of nitrogens with one attached hydrogen (secondary N) is 3. The number of rotatable bonds is 6. The van der Waals surface area contributed by atoms with Gasteiger partial charge in [-0.2, -0.15) is 0 Å². The molecule has 2 atom stereocenters. The molecule has 1 aliphatic heterocycles. The van der Waals surface area contributed by atoms with Crippen LogP contribution in [-0.4, -0.2) is 28.1 Å². The number of nitrogens with zero attached hydrogens (tertiary/aromatic N) is 2. The molecule has 1 aliphatic rings. The predicted molar refractivity (Wildman–Crippen MR) is 125 cm³/mol. The highest BCUT2D eigenvalue weighted by molar-refractivity contribution is 7.80. The second kappa shape index (κ2) is 8.77. The van der Waals surface area contributed by atoms with E-state index in [-0.39, 0.29) is 18.0 Å². The number of amides is 1. The molecule has 160 valence electrons. The van der Waals surface area contributed by atoms with Gasteiger partial charge in [-0.25, -0.2) is 0 Å². The Morgan fingerprint density at radius 1 is 1.26 bits per heavy atom. The summed E-state index contributed by atoms with van der Waals surface area (Å²) < 4.78 is 5.56. The van der Waals surface area contributed by atoms with Crippen molar-refractivity contribution in [2.45, 2.75) is 32.4 Å². The quantitative estimate of drug-likeness (QED) is 0.502. The maximum atomic E-state index is 11.9. The van der Waals surface area contributed by atoms with Crippen LogP contribution in [0.25, 0.3) is 0 Å². The molecular weight excluding hydrogens is 410 g/mol. The Hall–Kier alpha value is -3.39. The summed E-state index contributed by atoms with van der Waals surface area (Å²) in [5.41, 5.74) is 4.50. The molecule has 3 N–H and O–H groups in total. The van der Waals surface area contributed by atoms with Crippen LogP contribution in [0.2, 0.25) is 0 Å². The lowest BCUT2D eigenvalue weighted by Crippen LogP contribution is -2.29. The number of methoxy groups -OCH3 is 1. The molecule has 0 unspecified atom stereocenters. The first-order valence-electron chi connectivity index (χ1n) is 10.2. The van der Waals surface area contributed by atoms with Crippen LogP contribution in [0.4, 0.5) is 11.4 Å². The first-order chi connectivity index (χ1) is 15.0. The van der Waals surface area contributed by atoms with Gasteiger partial charge in [-0.3, -0.25) is 9.78 Å². The van der Waals surface area contributed by atoms with Gasteiger partial charge in [-0.15, -0.1) is 0 Å². The van der Waals surface area contributed by atoms with E-state index in [2.05, 4.69) is 31.6 Å². The second-order valence-electron chi connectivity index (χ2n) is 7.38. The molecule has 0 spiro atoms. The summed E-state index contributed by atoms with van der Waals surface area (Å²) in [4.78, 5) is 21.9. The topological polar surface area (TPSA) is 82.3 Å². The number of carbonyl (C=O) groups excluding carboxylic acids is 1. The Bertz CT molecular complexity index is 1100. The Morgan fingerprint density at radius 2 is 2.10 bits per heavy atom. The molecule has 0 bridgehead atoms. The molecule has 0 saturated carbocycles. The van der Waals surface area contributed by atoms with Gasteiger partial charge in [-0.05, 0) is 55.5 Å². The molecule has 4 rings (SSSR count). The number of anilines is 2. The van der Waals surface area contributed by atoms with Gasteiger partial charge in [0.25, 0.3) is 0 Å². The van der Waals surface area contributed by atoms with Crippen molar-refractivity contribution in [3.63, 3.8) is 0 Å². The van der Waals surface area contributed by atoms with Crippen LogP contribution in [-0.2, 0) is 4.79 Å². The molecule has 3 aromatic rings. The number of ether oxygens (including phenoxy) is 1. The molecule has 0 aliphatic carbocycles. The summed E-state index contributed by atoms with van der Waals surface area (Å²) in [6.07, 6.45) is 2.18. The van der Waals surface area contributed by atoms with Crippen LogP contribution in [0.5, 0.6) is 5.75 Å². The SMILES string of the molecule is CCC(=O)Nc1ccc(N2C(=S)N[C@@H](c3ccccn3)[C@H]2c2ccc(C)[nH]2)cc1OC. The van der Waals surface area contributed by atoms with E-state index in [0.29, 0.717) is 23.0 Å². The summed E-state index contributed by atoms with van der Waals surface area (Å²) >= 11 is 5.75. The Labute approximate surface area is 186 Å². The average molecular weight is 436 g/mol. The summed E-state index contributed by atoms with van der Waals surface area (Å²) in [5, 5.41) is 6.91. The molecule has 3 heterocycles. The van der Waals surface area contributed by atoms with Gasteiger partial charge in [0.2, 0.25) is 5.91 Å². The zero-order valence-corrected chi connectivity index (χ0v) is 18.5. The van der Waals surface area contributed by atoms with E-state index in [0.717, 1.165) is 22.8 Å². The number of benzene rings is 1. The lowest BCUT2D eigenvalue weighted by molar-refractivity contribution is -0.115. The first kappa shape index (κ1) is 20.9. The van der Waals surface area contributed by atoms with Gasteiger partial charge < -0.3 is 25.3 Å². The molecule has 31 heavy (non-hydrogen) atoms. The van der Waals surface area contributed by atoms with E-state index in [4.69, 9.17) is 17.0 Å². The number of hydrogen-bond donors (Lipinski definition) is 3. The van der Waals surface area contributed by atoms with E-state index in [1.54, 1.807) is 13.3 Å². The number of thiocarbonyl (C=S) groups is 1. The first-order valence-corrected chi connectivity index (χ1v) is 10.6. The van der Waals surface area contributed by atoms with Gasteiger partial charge in [0, 0.05) is 35.8 Å². The highest BCUT2D eigenvalue weighted by Gasteiger charge is 2.41. The summed E-state index contributed by atoms with van der Waals surface area (Å²) in [6, 6.07) is 15.4. The van der Waals surface area contributed by atoms with Crippen molar-refractivity contribution in [2.75, 3.05) is 17.3 Å². The lowest BCUT2D eigenvalue weighted by atomic mass is 10.0. The van der Waals surface area contributed by atoms with Gasteiger partial charge in [-0.1, -0.05) is 13.0 Å². The highest BCUT2D eigenvalue weighted by atomic mass is 32.1. The number of pyridine rings is 1. The number of carbonyl (C=O) groups is 1. The van der Waals surface area contributed by atoms with Crippen LogP contribution < -0.4 is 20.3 Å². The van der Waals surface area contributed by atoms with Gasteiger partial charge in [0.15, 0.2) is 5.11 Å². The second-order valence-corrected chi connectivity index (χ2v) is 7.77. The van der Waals surface area contributed by atoms with Crippen molar-refractivity contribution in [3.8, 4) is 5.75 Å². The van der Waals surface area contributed by atoms with Crippen molar-refractivity contribution >= 4 is 34.6 Å². The summed E-state index contributed by atoms with van der Waals surface area (Å²) in [6.45, 7) is 3.84. The van der Waals surface area contributed by atoms with Crippen molar-refractivity contribution in [2.24, 2.45) is 0 Å². The van der Waals surface area contributed by atoms with Gasteiger partial charge in [0.1, 0.15) is 11.8 Å². The van der Waals surface area contributed by atoms with Crippen LogP contribution in [0.3, 0.4) is 0 Å². The molecule has 1 saturated heterocycles. The Balaban J connectivity index is 1.76. The third kappa shape index (κ3) is 4.11. The normalized spacial score (nSPS) is 18.0. The number of H-pyrrole nitrogens is 1. The smallest absolute Gasteiger partial charge is 0.224 e. The Morgan fingerprint density at radius 3 is 2.74 bits per heavy atom. The minimum Gasteiger partial charge on any atom is -0.494 e. The molecule has 1 fully saturated rings. The molecular formula is C23H25N5O2S. The molecule has 0 radical (unpaired) electrons. The average Bonchev–Trinajstić information content (AvgIpc) is 3.37. The van der Waals surface area contributed by atoms with E-state index in [1.165, 1.54) is 0 Å². The standard InChI is InChI=1S/C23H25N5O2S/c1-4-20(29)26-16-11-9-15(13-19(16)30-3)28-22(18-10-8-14(2)25-18)21(27-23(28)31)17-7-5-6-12-24-17/h5-13,21-22,25H,4H2,1-3H3,(H,26,29)(H,27,31)/t21-,22+/m0/s1. The molecule has 1 amide bonds. The van der Waals surface area contributed by atoms with Crippen molar-refractivity contribution in [3.05, 3.63) is 71.8 Å². The summed E-state index contributed by atoms with van der Waals surface area (Å²) in [7, 11) is 1.59. The maximum absolute atomic E-state index is 11.9. The van der Waals surface area contributed by atoms with Gasteiger partial charge in [0.05, 0.1) is 24.5 Å². The van der Waals surface area contributed by atoms with Crippen molar-refractivity contribution in [1.82, 2.24) is 15.3 Å². The predicted octanol–water partition coefficient (Wildman–Crippen LogP) is 4.25. The van der Waals surface area contributed by atoms with Gasteiger partial charge >= 0.3 is 0 Å². The fourth-order valence-electron chi connectivity index (χ4n) is 3.82. The number of aryl methyl sites for hydroxylation is 1. The van der Waals surface area contributed by atoms with Crippen LogP contribution in [0.1, 0.15) is 42.5 Å². The molecule has 7 nitrogen and oxygen atoms in total. The van der Waals surface area contributed by atoms with E-state index in [9.17, 15) is 4.79 Å². The maximum Gasteiger partial charge on any atom is 0.224 e. The summed E-state index contributed by atoms with van der Waals surface area (Å²) in [5.74, 6) is 0.504. The third-order valence-electron chi connectivity index (χ3n) is 5.33. The van der Waals surface area contributed by atoms with E-state index < -0.39 is 0 Å². The fourth-order valence-corrected chi connectivity index (χ4v) is 4.16. The third-order valence-corrected chi connectivity index (χ3v) is 5.64. The van der Waals surface area contributed by atoms with Crippen molar-refractivity contribution < 1.29 is 9.53 Å².